The van der Waals surface area contributed by atoms with Crippen molar-refractivity contribution in [2.75, 3.05) is 7.11 Å². The van der Waals surface area contributed by atoms with Crippen LogP contribution in [-0.4, -0.2) is 13.1 Å². The maximum atomic E-state index is 12.8. The van der Waals surface area contributed by atoms with Crippen molar-refractivity contribution in [3.63, 3.8) is 0 Å². The fourth-order valence-corrected chi connectivity index (χ4v) is 1.62. The zero-order valence-electron chi connectivity index (χ0n) is 9.74. The first-order valence-electron chi connectivity index (χ1n) is 5.14. The Morgan fingerprint density at radius 3 is 2.67 bits per heavy atom. The molecule has 0 aromatic heterocycles. The molecule has 0 bridgehead atoms. The Labute approximate surface area is 103 Å². The Morgan fingerprint density at radius 2 is 2.22 bits per heavy atom. The summed E-state index contributed by atoms with van der Waals surface area (Å²) in [5.74, 6) is -0.556. The van der Waals surface area contributed by atoms with Crippen LogP contribution in [0.3, 0.4) is 0 Å². The van der Waals surface area contributed by atoms with Gasteiger partial charge in [0.1, 0.15) is 0 Å². The highest BCUT2D eigenvalue weighted by Gasteiger charge is 2.18. The lowest BCUT2D eigenvalue weighted by molar-refractivity contribution is -0.139. The number of methoxy groups -OCH3 is 1. The van der Waals surface area contributed by atoms with E-state index in [0.29, 0.717) is 5.56 Å². The maximum Gasteiger partial charge on any atom is 0.309 e. The smallest absolute Gasteiger partial charge is 0.309 e. The number of halogens is 2. The van der Waals surface area contributed by atoms with Crippen molar-refractivity contribution in [3.05, 3.63) is 34.4 Å². The minimum atomic E-state index is -2.74. The molecule has 0 aliphatic rings. The van der Waals surface area contributed by atoms with Gasteiger partial charge >= 0.3 is 5.97 Å². The predicted molar refractivity (Wildman–Crippen MR) is 59.7 cm³/mol. The van der Waals surface area contributed by atoms with Crippen LogP contribution in [0.2, 0.25) is 0 Å². The van der Waals surface area contributed by atoms with E-state index in [9.17, 15) is 13.6 Å². The second kappa shape index (κ2) is 6.07. The quantitative estimate of drug-likeness (QED) is 0.829. The van der Waals surface area contributed by atoms with Gasteiger partial charge in [-0.05, 0) is 23.3 Å². The van der Waals surface area contributed by atoms with Crippen molar-refractivity contribution >= 4 is 5.97 Å². The number of carbonyl (C=O) groups excluding carboxylic acids is 1. The molecule has 96 valence electrons. The van der Waals surface area contributed by atoms with E-state index < -0.39 is 12.4 Å². The first kappa shape index (κ1) is 14.1. The molecule has 0 unspecified atom stereocenters. The van der Waals surface area contributed by atoms with Crippen LogP contribution < -0.4 is 5.73 Å². The van der Waals surface area contributed by atoms with Gasteiger partial charge in [0.15, 0.2) is 0 Å². The summed E-state index contributed by atoms with van der Waals surface area (Å²) in [5, 5.41) is 8.90. The van der Waals surface area contributed by atoms with Crippen molar-refractivity contribution in [3.8, 4) is 6.07 Å². The van der Waals surface area contributed by atoms with Gasteiger partial charge < -0.3 is 10.5 Å². The van der Waals surface area contributed by atoms with Gasteiger partial charge in [0.25, 0.3) is 6.43 Å². The average Bonchev–Trinajstić information content (AvgIpc) is 2.37. The Morgan fingerprint density at radius 1 is 1.56 bits per heavy atom. The monoisotopic (exact) mass is 254 g/mol. The van der Waals surface area contributed by atoms with Gasteiger partial charge in [-0.3, -0.25) is 4.79 Å². The lowest BCUT2D eigenvalue weighted by atomic mass is 9.97. The molecule has 0 amide bonds. The normalized spacial score (nSPS) is 10.2. The van der Waals surface area contributed by atoms with E-state index in [1.807, 2.05) is 6.07 Å². The summed E-state index contributed by atoms with van der Waals surface area (Å²) in [7, 11) is 1.20. The number of nitrogens with zero attached hydrogens (tertiary/aromatic N) is 1. The Balaban J connectivity index is 3.28. The molecule has 0 radical (unpaired) electrons. The minimum absolute atomic E-state index is 0.0641. The number of carbonyl (C=O) groups is 1. The van der Waals surface area contributed by atoms with Crippen molar-refractivity contribution in [1.82, 2.24) is 0 Å². The van der Waals surface area contributed by atoms with Gasteiger partial charge in [0, 0.05) is 12.1 Å². The van der Waals surface area contributed by atoms with E-state index in [1.54, 1.807) is 0 Å². The van der Waals surface area contributed by atoms with E-state index in [4.69, 9.17) is 11.0 Å². The van der Waals surface area contributed by atoms with Crippen LogP contribution in [-0.2, 0) is 22.5 Å². The molecule has 18 heavy (non-hydrogen) atoms. The summed E-state index contributed by atoms with van der Waals surface area (Å²) in [5.41, 5.74) is 5.54. The number of nitriles is 1. The highest BCUT2D eigenvalue weighted by molar-refractivity contribution is 5.72. The van der Waals surface area contributed by atoms with Gasteiger partial charge in [-0.15, -0.1) is 0 Å². The SMILES string of the molecule is COC(=O)Cc1cc(C#N)c(CN)c(C(F)F)c1. The number of ether oxygens (including phenoxy) is 1. The van der Waals surface area contributed by atoms with Gasteiger partial charge in [-0.1, -0.05) is 0 Å². The summed E-state index contributed by atoms with van der Waals surface area (Å²) >= 11 is 0. The molecule has 0 saturated heterocycles. The fraction of sp³-hybridized carbons (Fsp3) is 0.333. The molecule has 0 atom stereocenters. The van der Waals surface area contributed by atoms with E-state index in [-0.39, 0.29) is 29.7 Å². The van der Waals surface area contributed by atoms with E-state index in [2.05, 4.69) is 4.74 Å². The van der Waals surface area contributed by atoms with Crippen LogP contribution >= 0.6 is 0 Å². The molecule has 0 spiro atoms. The number of alkyl halides is 2. The third-order valence-corrected chi connectivity index (χ3v) is 2.48. The van der Waals surface area contributed by atoms with E-state index in [1.165, 1.54) is 19.2 Å². The molecule has 0 heterocycles. The third-order valence-electron chi connectivity index (χ3n) is 2.48. The number of hydrogen-bond acceptors (Lipinski definition) is 4. The van der Waals surface area contributed by atoms with Crippen LogP contribution in [0.1, 0.15) is 28.7 Å². The van der Waals surface area contributed by atoms with Crippen LogP contribution in [0.25, 0.3) is 0 Å². The molecule has 1 rings (SSSR count). The number of benzene rings is 1. The lowest BCUT2D eigenvalue weighted by Crippen LogP contribution is -2.09. The van der Waals surface area contributed by atoms with Crippen molar-refractivity contribution in [1.29, 1.82) is 5.26 Å². The van der Waals surface area contributed by atoms with Crippen LogP contribution in [0, 0.1) is 11.3 Å². The molecular weight excluding hydrogens is 242 g/mol. The molecule has 1 aromatic rings. The first-order valence-corrected chi connectivity index (χ1v) is 5.14. The van der Waals surface area contributed by atoms with Crippen molar-refractivity contribution < 1.29 is 18.3 Å². The highest BCUT2D eigenvalue weighted by Crippen LogP contribution is 2.27. The molecule has 0 saturated carbocycles. The first-order chi connectivity index (χ1) is 8.53. The van der Waals surface area contributed by atoms with E-state index in [0.717, 1.165) is 0 Å². The van der Waals surface area contributed by atoms with Gasteiger partial charge in [0.05, 0.1) is 25.2 Å². The number of nitrogens with two attached hydrogens (primary N) is 1. The Kier molecular flexibility index (Phi) is 4.75. The maximum absolute atomic E-state index is 12.8. The summed E-state index contributed by atoms with van der Waals surface area (Å²) < 4.78 is 30.1. The molecule has 0 aliphatic heterocycles. The lowest BCUT2D eigenvalue weighted by Gasteiger charge is -2.11. The highest BCUT2D eigenvalue weighted by atomic mass is 19.3. The molecule has 1 aromatic carbocycles. The van der Waals surface area contributed by atoms with E-state index >= 15 is 0 Å². The second-order valence-electron chi connectivity index (χ2n) is 3.58. The Hall–Kier alpha value is -2.00. The molecular formula is C12H12F2N2O2. The summed E-state index contributed by atoms with van der Waals surface area (Å²) in [4.78, 5) is 11.1. The number of rotatable bonds is 4. The zero-order chi connectivity index (χ0) is 13.7. The second-order valence-corrected chi connectivity index (χ2v) is 3.58. The molecule has 0 aliphatic carbocycles. The third kappa shape index (κ3) is 3.02. The topological polar surface area (TPSA) is 76.1 Å². The number of esters is 1. The summed E-state index contributed by atoms with van der Waals surface area (Å²) in [6.45, 7) is -0.152. The largest absolute Gasteiger partial charge is 0.469 e. The minimum Gasteiger partial charge on any atom is -0.469 e. The van der Waals surface area contributed by atoms with Crippen LogP contribution in [0.15, 0.2) is 12.1 Å². The molecule has 2 N–H and O–H groups in total. The number of hydrogen-bond donors (Lipinski definition) is 1. The summed E-state index contributed by atoms with van der Waals surface area (Å²) in [6.07, 6.45) is -2.90. The van der Waals surface area contributed by atoms with Crippen LogP contribution in [0.5, 0.6) is 0 Å². The van der Waals surface area contributed by atoms with Crippen molar-refractivity contribution in [2.24, 2.45) is 5.73 Å². The Bertz CT molecular complexity index is 496. The predicted octanol–water partition coefficient (Wildman–Crippen LogP) is 1.67. The summed E-state index contributed by atoms with van der Waals surface area (Å²) in [6, 6.07) is 4.37. The van der Waals surface area contributed by atoms with Gasteiger partial charge in [-0.25, -0.2) is 8.78 Å². The molecule has 6 heteroatoms. The zero-order valence-corrected chi connectivity index (χ0v) is 9.74. The standard InChI is InChI=1S/C12H12F2N2O2/c1-18-11(17)4-7-2-8(5-15)10(6-16)9(3-7)12(13)14/h2-3,12H,4,6,16H2,1H3. The van der Waals surface area contributed by atoms with Gasteiger partial charge in [0.2, 0.25) is 0 Å². The molecule has 4 nitrogen and oxygen atoms in total. The molecule has 0 fully saturated rings. The van der Waals surface area contributed by atoms with Gasteiger partial charge in [-0.2, -0.15) is 5.26 Å². The fourth-order valence-electron chi connectivity index (χ4n) is 1.62. The average molecular weight is 254 g/mol. The van der Waals surface area contributed by atoms with Crippen molar-refractivity contribution in [2.45, 2.75) is 19.4 Å². The van der Waals surface area contributed by atoms with Crippen LogP contribution in [0.4, 0.5) is 8.78 Å².